The molecule has 0 amide bonds. The van der Waals surface area contributed by atoms with Gasteiger partial charge >= 0.3 is 0 Å². The Morgan fingerprint density at radius 1 is 1.21 bits per heavy atom. The zero-order valence-electron chi connectivity index (χ0n) is 15.5. The highest BCUT2D eigenvalue weighted by atomic mass is 127. The summed E-state index contributed by atoms with van der Waals surface area (Å²) in [7, 11) is 3.99. The van der Waals surface area contributed by atoms with Crippen LogP contribution < -0.4 is 5.32 Å². The monoisotopic (exact) mass is 453 g/mol. The quantitative estimate of drug-likeness (QED) is 0.265. The Balaban J connectivity index is 0.00000288. The van der Waals surface area contributed by atoms with Gasteiger partial charge in [0.1, 0.15) is 0 Å². The van der Waals surface area contributed by atoms with Crippen LogP contribution in [0.2, 0.25) is 0 Å². The molecule has 24 heavy (non-hydrogen) atoms. The van der Waals surface area contributed by atoms with E-state index >= 15 is 0 Å². The van der Waals surface area contributed by atoms with Gasteiger partial charge in [-0.1, -0.05) is 12.8 Å². The summed E-state index contributed by atoms with van der Waals surface area (Å²) in [5.41, 5.74) is 0. The minimum Gasteiger partial charge on any atom is -0.381 e. The second kappa shape index (κ2) is 13.2. The molecule has 2 aliphatic rings. The van der Waals surface area contributed by atoms with Crippen LogP contribution >= 0.6 is 24.0 Å². The van der Waals surface area contributed by atoms with Crippen LogP contribution in [0, 0.1) is 5.92 Å². The summed E-state index contributed by atoms with van der Waals surface area (Å²) in [5.74, 6) is 1.81. The van der Waals surface area contributed by atoms with Gasteiger partial charge < -0.3 is 19.7 Å². The van der Waals surface area contributed by atoms with Crippen molar-refractivity contribution < 1.29 is 9.47 Å². The normalized spacial score (nSPS) is 20.0. The molecule has 1 N–H and O–H groups in total. The number of nitrogens with one attached hydrogen (secondary N) is 1. The largest absolute Gasteiger partial charge is 0.381 e. The molecule has 6 heteroatoms. The maximum atomic E-state index is 5.90. The maximum absolute atomic E-state index is 5.90. The van der Waals surface area contributed by atoms with Crippen LogP contribution in [0.15, 0.2) is 4.99 Å². The second-order valence-electron chi connectivity index (χ2n) is 6.87. The summed E-state index contributed by atoms with van der Waals surface area (Å²) < 4.78 is 11.3. The fourth-order valence-electron chi connectivity index (χ4n) is 3.48. The lowest BCUT2D eigenvalue weighted by atomic mass is 9.96. The van der Waals surface area contributed by atoms with Gasteiger partial charge in [0.25, 0.3) is 0 Å². The van der Waals surface area contributed by atoms with Gasteiger partial charge in [0.05, 0.1) is 6.10 Å². The van der Waals surface area contributed by atoms with E-state index in [1.807, 2.05) is 7.05 Å². The molecule has 2 fully saturated rings. The van der Waals surface area contributed by atoms with E-state index in [1.54, 1.807) is 0 Å². The van der Waals surface area contributed by atoms with E-state index in [9.17, 15) is 0 Å². The fourth-order valence-corrected chi connectivity index (χ4v) is 3.48. The summed E-state index contributed by atoms with van der Waals surface area (Å²) in [6, 6.07) is 0. The molecule has 5 nitrogen and oxygen atoms in total. The average Bonchev–Trinajstić information content (AvgIpc) is 3.10. The summed E-state index contributed by atoms with van der Waals surface area (Å²) >= 11 is 0. The van der Waals surface area contributed by atoms with E-state index < -0.39 is 0 Å². The Bertz CT molecular complexity index is 343. The molecule has 1 aliphatic carbocycles. The highest BCUT2D eigenvalue weighted by Gasteiger charge is 2.16. The molecule has 0 aromatic heterocycles. The highest BCUT2D eigenvalue weighted by molar-refractivity contribution is 14.0. The summed E-state index contributed by atoms with van der Waals surface area (Å²) in [6.45, 7) is 4.72. The Morgan fingerprint density at radius 3 is 2.58 bits per heavy atom. The van der Waals surface area contributed by atoms with Crippen LogP contribution in [0.3, 0.4) is 0 Å². The number of aliphatic imine (C=N–C) groups is 1. The summed E-state index contributed by atoms with van der Waals surface area (Å²) in [5, 5.41) is 3.45. The van der Waals surface area contributed by atoms with Gasteiger partial charge in [-0.25, -0.2) is 0 Å². The molecule has 0 aromatic rings. The zero-order chi connectivity index (χ0) is 16.3. The van der Waals surface area contributed by atoms with Gasteiger partial charge in [0.15, 0.2) is 5.96 Å². The predicted molar refractivity (Wildman–Crippen MR) is 110 cm³/mol. The van der Waals surface area contributed by atoms with E-state index in [4.69, 9.17) is 9.47 Å². The van der Waals surface area contributed by atoms with E-state index in [2.05, 4.69) is 22.3 Å². The lowest BCUT2D eigenvalue weighted by molar-refractivity contribution is 0.0573. The third-order valence-electron chi connectivity index (χ3n) is 5.05. The first-order chi connectivity index (χ1) is 11.3. The Labute approximate surface area is 165 Å². The average molecular weight is 453 g/mol. The second-order valence-corrected chi connectivity index (χ2v) is 6.87. The Morgan fingerprint density at radius 2 is 1.92 bits per heavy atom. The number of nitrogens with zero attached hydrogens (tertiary/aromatic N) is 2. The molecular formula is C18H36IN3O2. The van der Waals surface area contributed by atoms with Gasteiger partial charge in [0, 0.05) is 47.0 Å². The molecular weight excluding hydrogens is 417 g/mol. The van der Waals surface area contributed by atoms with Crippen LogP contribution in [0.5, 0.6) is 0 Å². The molecule has 0 spiro atoms. The van der Waals surface area contributed by atoms with Crippen molar-refractivity contribution in [2.75, 3.05) is 47.0 Å². The van der Waals surface area contributed by atoms with Gasteiger partial charge in [-0.15, -0.1) is 24.0 Å². The molecule has 1 saturated carbocycles. The maximum Gasteiger partial charge on any atom is 0.193 e. The molecule has 0 bridgehead atoms. The van der Waals surface area contributed by atoms with Crippen molar-refractivity contribution >= 4 is 29.9 Å². The van der Waals surface area contributed by atoms with Crippen molar-refractivity contribution in [1.82, 2.24) is 10.2 Å². The van der Waals surface area contributed by atoms with E-state index in [0.29, 0.717) is 6.10 Å². The summed E-state index contributed by atoms with van der Waals surface area (Å²) in [6.07, 6.45) is 10.4. The number of hydrogen-bond donors (Lipinski definition) is 1. The SMILES string of the molecule is CN=C(NCCCOC1CCCC1)N(C)CCC1CCOCC1.I. The van der Waals surface area contributed by atoms with Crippen LogP contribution in [0.4, 0.5) is 0 Å². The van der Waals surface area contributed by atoms with Crippen LogP contribution in [-0.2, 0) is 9.47 Å². The Kier molecular flexibility index (Phi) is 12.0. The van der Waals surface area contributed by atoms with Crippen molar-refractivity contribution in [2.45, 2.75) is 57.5 Å². The van der Waals surface area contributed by atoms with Crippen molar-refractivity contribution in [3.8, 4) is 0 Å². The number of rotatable bonds is 8. The Hall–Kier alpha value is -0.0800. The highest BCUT2D eigenvalue weighted by Crippen LogP contribution is 2.21. The summed E-state index contributed by atoms with van der Waals surface area (Å²) in [4.78, 5) is 6.64. The number of ether oxygens (including phenoxy) is 2. The predicted octanol–water partition coefficient (Wildman–Crippen LogP) is 3.28. The molecule has 0 atom stereocenters. The van der Waals surface area contributed by atoms with E-state index in [1.165, 1.54) is 44.9 Å². The van der Waals surface area contributed by atoms with Gasteiger partial charge in [-0.3, -0.25) is 4.99 Å². The van der Waals surface area contributed by atoms with Crippen molar-refractivity contribution in [3.63, 3.8) is 0 Å². The van der Waals surface area contributed by atoms with Crippen molar-refractivity contribution in [1.29, 1.82) is 0 Å². The molecule has 1 saturated heterocycles. The standard InChI is InChI=1S/C18H35N3O2.HI/c1-19-18(20-11-5-13-23-17-6-3-4-7-17)21(2)12-8-16-9-14-22-15-10-16;/h16-17H,3-15H2,1-2H3,(H,19,20);1H. The van der Waals surface area contributed by atoms with E-state index in [0.717, 1.165) is 51.2 Å². The van der Waals surface area contributed by atoms with E-state index in [-0.39, 0.29) is 24.0 Å². The lowest BCUT2D eigenvalue weighted by Crippen LogP contribution is -2.40. The van der Waals surface area contributed by atoms with Crippen LogP contribution in [-0.4, -0.2) is 64.0 Å². The molecule has 0 unspecified atom stereocenters. The molecule has 2 rings (SSSR count). The first kappa shape index (κ1) is 22.0. The minimum atomic E-state index is 0. The molecule has 0 aromatic carbocycles. The minimum absolute atomic E-state index is 0. The number of hydrogen-bond acceptors (Lipinski definition) is 3. The third-order valence-corrected chi connectivity index (χ3v) is 5.05. The topological polar surface area (TPSA) is 46.1 Å². The van der Waals surface area contributed by atoms with Crippen molar-refractivity contribution in [3.05, 3.63) is 0 Å². The van der Waals surface area contributed by atoms with Crippen molar-refractivity contribution in [2.24, 2.45) is 10.9 Å². The fraction of sp³-hybridized carbons (Fsp3) is 0.944. The first-order valence-corrected chi connectivity index (χ1v) is 9.40. The molecule has 1 aliphatic heterocycles. The van der Waals surface area contributed by atoms with Gasteiger partial charge in [-0.05, 0) is 44.4 Å². The molecule has 1 heterocycles. The van der Waals surface area contributed by atoms with Crippen LogP contribution in [0.1, 0.15) is 51.4 Å². The first-order valence-electron chi connectivity index (χ1n) is 9.40. The smallest absolute Gasteiger partial charge is 0.193 e. The molecule has 142 valence electrons. The zero-order valence-corrected chi connectivity index (χ0v) is 17.8. The van der Waals surface area contributed by atoms with Gasteiger partial charge in [0.2, 0.25) is 0 Å². The lowest BCUT2D eigenvalue weighted by Gasteiger charge is -2.26. The molecule has 0 radical (unpaired) electrons. The number of guanidine groups is 1. The number of halogens is 1. The van der Waals surface area contributed by atoms with Crippen LogP contribution in [0.25, 0.3) is 0 Å². The third kappa shape index (κ3) is 8.34. The van der Waals surface area contributed by atoms with Gasteiger partial charge in [-0.2, -0.15) is 0 Å².